The Morgan fingerprint density at radius 2 is 1.79 bits per heavy atom. The Kier molecular flexibility index (Phi) is 3.93. The van der Waals surface area contributed by atoms with E-state index in [0.29, 0.717) is 6.42 Å². The summed E-state index contributed by atoms with van der Waals surface area (Å²) in [7, 11) is 0. The van der Waals surface area contributed by atoms with Crippen molar-refractivity contribution in [2.45, 2.75) is 51.5 Å². The van der Waals surface area contributed by atoms with Crippen molar-refractivity contribution in [1.82, 2.24) is 4.90 Å². The smallest absolute Gasteiger partial charge is 0.323 e. The lowest BCUT2D eigenvalue weighted by molar-refractivity contribution is -0.150. The summed E-state index contributed by atoms with van der Waals surface area (Å²) in [5.41, 5.74) is -0.648. The van der Waals surface area contributed by atoms with Gasteiger partial charge < -0.3 is 5.11 Å². The van der Waals surface area contributed by atoms with Crippen LogP contribution in [0.25, 0.3) is 0 Å². The van der Waals surface area contributed by atoms with Crippen LogP contribution in [0.2, 0.25) is 0 Å². The summed E-state index contributed by atoms with van der Waals surface area (Å²) in [6, 6.07) is 0. The molecule has 0 spiro atoms. The lowest BCUT2D eigenvalue weighted by atomic mass is 9.96. The fourth-order valence-corrected chi connectivity index (χ4v) is 2.07. The first-order valence-corrected chi connectivity index (χ1v) is 5.59. The Bertz CT molecular complexity index is 197. The average Bonchev–Trinajstić information content (AvgIpc) is 2.44. The van der Waals surface area contributed by atoms with E-state index in [1.54, 1.807) is 0 Å². The summed E-state index contributed by atoms with van der Waals surface area (Å²) in [5.74, 6) is -0.679. The highest BCUT2D eigenvalue weighted by Crippen LogP contribution is 2.23. The third kappa shape index (κ3) is 2.27. The largest absolute Gasteiger partial charge is 0.480 e. The summed E-state index contributed by atoms with van der Waals surface area (Å²) in [5, 5.41) is 9.23. The highest BCUT2D eigenvalue weighted by atomic mass is 16.4. The first kappa shape index (κ1) is 11.5. The number of likely N-dealkylation sites (tertiary alicyclic amines) is 1. The molecule has 1 rings (SSSR count). The van der Waals surface area contributed by atoms with Gasteiger partial charge in [-0.3, -0.25) is 9.69 Å². The topological polar surface area (TPSA) is 40.5 Å². The molecular weight excluding hydrogens is 178 g/mol. The first-order chi connectivity index (χ1) is 6.61. The molecule has 1 aliphatic heterocycles. The second-order valence-electron chi connectivity index (χ2n) is 4.33. The van der Waals surface area contributed by atoms with Gasteiger partial charge in [0.25, 0.3) is 0 Å². The van der Waals surface area contributed by atoms with E-state index < -0.39 is 11.5 Å². The number of carbonyl (C=O) groups is 1. The highest BCUT2D eigenvalue weighted by molar-refractivity contribution is 5.78. The number of hydrogen-bond donors (Lipinski definition) is 1. The van der Waals surface area contributed by atoms with Gasteiger partial charge in [0.05, 0.1) is 0 Å². The molecule has 1 fully saturated rings. The molecule has 0 aromatic carbocycles. The van der Waals surface area contributed by atoms with Crippen LogP contribution in [-0.2, 0) is 4.79 Å². The van der Waals surface area contributed by atoms with Crippen LogP contribution in [0.5, 0.6) is 0 Å². The Balaban J connectivity index is 2.71. The predicted octanol–water partition coefficient (Wildman–Crippen LogP) is 2.12. The quantitative estimate of drug-likeness (QED) is 0.757. The fourth-order valence-electron chi connectivity index (χ4n) is 2.07. The van der Waals surface area contributed by atoms with Crippen molar-refractivity contribution >= 4 is 5.97 Å². The van der Waals surface area contributed by atoms with E-state index in [1.165, 1.54) is 12.8 Å². The van der Waals surface area contributed by atoms with Gasteiger partial charge in [0, 0.05) is 0 Å². The molecule has 82 valence electrons. The number of nitrogens with zero attached hydrogens (tertiary/aromatic N) is 1. The molecule has 0 aromatic heterocycles. The molecule has 3 nitrogen and oxygen atoms in total. The number of rotatable bonds is 3. The van der Waals surface area contributed by atoms with Gasteiger partial charge in [-0.15, -0.1) is 0 Å². The molecule has 0 radical (unpaired) electrons. The van der Waals surface area contributed by atoms with Crippen LogP contribution >= 0.6 is 0 Å². The molecule has 0 bridgehead atoms. The summed E-state index contributed by atoms with van der Waals surface area (Å²) >= 11 is 0. The summed E-state index contributed by atoms with van der Waals surface area (Å²) in [6.45, 7) is 5.69. The molecule has 1 aliphatic rings. The maximum Gasteiger partial charge on any atom is 0.323 e. The lowest BCUT2D eigenvalue weighted by Gasteiger charge is -2.36. The third-order valence-corrected chi connectivity index (χ3v) is 3.45. The SMILES string of the molecule is CCC(C)(C(=O)O)N1CCCCCC1. The Labute approximate surface area is 86.1 Å². The maximum atomic E-state index is 11.2. The van der Waals surface area contributed by atoms with Gasteiger partial charge in [-0.2, -0.15) is 0 Å². The monoisotopic (exact) mass is 199 g/mol. The minimum absolute atomic E-state index is 0.648. The van der Waals surface area contributed by atoms with Gasteiger partial charge in [-0.1, -0.05) is 19.8 Å². The van der Waals surface area contributed by atoms with Crippen molar-refractivity contribution in [3.05, 3.63) is 0 Å². The molecule has 0 aromatic rings. The standard InChI is InChI=1S/C11H21NO2/c1-3-11(2,10(13)14)12-8-6-4-5-7-9-12/h3-9H2,1-2H3,(H,13,14). The summed E-state index contributed by atoms with van der Waals surface area (Å²) in [6.07, 6.45) is 5.46. The van der Waals surface area contributed by atoms with Crippen LogP contribution in [0.1, 0.15) is 46.0 Å². The van der Waals surface area contributed by atoms with Gasteiger partial charge in [0.15, 0.2) is 0 Å². The molecule has 14 heavy (non-hydrogen) atoms. The van der Waals surface area contributed by atoms with Crippen molar-refractivity contribution in [3.8, 4) is 0 Å². The highest BCUT2D eigenvalue weighted by Gasteiger charge is 2.37. The average molecular weight is 199 g/mol. The Morgan fingerprint density at radius 1 is 1.29 bits per heavy atom. The molecule has 1 N–H and O–H groups in total. The number of hydrogen-bond acceptors (Lipinski definition) is 2. The van der Waals surface area contributed by atoms with Crippen LogP contribution in [0.3, 0.4) is 0 Å². The second-order valence-corrected chi connectivity index (χ2v) is 4.33. The van der Waals surface area contributed by atoms with Crippen LogP contribution in [0.15, 0.2) is 0 Å². The van der Waals surface area contributed by atoms with E-state index in [9.17, 15) is 9.90 Å². The van der Waals surface area contributed by atoms with Gasteiger partial charge in [0.1, 0.15) is 5.54 Å². The van der Waals surface area contributed by atoms with Gasteiger partial charge in [-0.05, 0) is 39.3 Å². The van der Waals surface area contributed by atoms with Crippen LogP contribution in [0.4, 0.5) is 0 Å². The number of carboxylic acid groups (broad SMARTS) is 1. The molecule has 1 unspecified atom stereocenters. The van der Waals surface area contributed by atoms with Crippen molar-refractivity contribution < 1.29 is 9.90 Å². The van der Waals surface area contributed by atoms with E-state index in [2.05, 4.69) is 4.90 Å². The molecule has 1 heterocycles. The van der Waals surface area contributed by atoms with Gasteiger partial charge in [0.2, 0.25) is 0 Å². The lowest BCUT2D eigenvalue weighted by Crippen LogP contribution is -2.52. The zero-order chi connectivity index (χ0) is 10.6. The Morgan fingerprint density at radius 3 is 2.14 bits per heavy atom. The van der Waals surface area contributed by atoms with Crippen molar-refractivity contribution in [2.24, 2.45) is 0 Å². The Hall–Kier alpha value is -0.570. The molecular formula is C11H21NO2. The molecule has 1 saturated heterocycles. The second kappa shape index (κ2) is 4.78. The van der Waals surface area contributed by atoms with Crippen LogP contribution < -0.4 is 0 Å². The van der Waals surface area contributed by atoms with Crippen molar-refractivity contribution in [1.29, 1.82) is 0 Å². The predicted molar refractivity (Wildman–Crippen MR) is 56.4 cm³/mol. The van der Waals surface area contributed by atoms with E-state index in [1.807, 2.05) is 13.8 Å². The summed E-state index contributed by atoms with van der Waals surface area (Å²) in [4.78, 5) is 13.4. The van der Waals surface area contributed by atoms with Crippen LogP contribution in [0, 0.1) is 0 Å². The third-order valence-electron chi connectivity index (χ3n) is 3.45. The summed E-state index contributed by atoms with van der Waals surface area (Å²) < 4.78 is 0. The van der Waals surface area contributed by atoms with E-state index in [4.69, 9.17) is 0 Å². The zero-order valence-corrected chi connectivity index (χ0v) is 9.25. The molecule has 3 heteroatoms. The van der Waals surface area contributed by atoms with Crippen molar-refractivity contribution in [3.63, 3.8) is 0 Å². The molecule has 1 atom stereocenters. The zero-order valence-electron chi connectivity index (χ0n) is 9.25. The fraction of sp³-hybridized carbons (Fsp3) is 0.909. The minimum Gasteiger partial charge on any atom is -0.480 e. The van der Waals surface area contributed by atoms with Crippen LogP contribution in [-0.4, -0.2) is 34.6 Å². The normalized spacial score (nSPS) is 23.9. The maximum absolute atomic E-state index is 11.2. The van der Waals surface area contributed by atoms with Crippen molar-refractivity contribution in [2.75, 3.05) is 13.1 Å². The van der Waals surface area contributed by atoms with Gasteiger partial charge in [-0.25, -0.2) is 0 Å². The molecule has 0 saturated carbocycles. The number of carboxylic acids is 1. The van der Waals surface area contributed by atoms with E-state index in [0.717, 1.165) is 25.9 Å². The molecule has 0 amide bonds. The molecule has 0 aliphatic carbocycles. The van der Waals surface area contributed by atoms with Gasteiger partial charge >= 0.3 is 5.97 Å². The van der Waals surface area contributed by atoms with E-state index >= 15 is 0 Å². The van der Waals surface area contributed by atoms with E-state index in [-0.39, 0.29) is 0 Å². The first-order valence-electron chi connectivity index (χ1n) is 5.59. The minimum atomic E-state index is -0.679. The number of aliphatic carboxylic acids is 1.